The van der Waals surface area contributed by atoms with Crippen molar-refractivity contribution in [2.75, 3.05) is 0 Å². The first-order valence-corrected chi connectivity index (χ1v) is 12.1. The number of alkyl halides is 3. The van der Waals surface area contributed by atoms with Crippen molar-refractivity contribution in [2.24, 2.45) is 34.5 Å². The molecule has 0 spiro atoms. The number of benzene rings is 1. The second-order valence-corrected chi connectivity index (χ2v) is 11.4. The molecule has 0 bridgehead atoms. The van der Waals surface area contributed by atoms with Crippen LogP contribution in [0, 0.1) is 34.5 Å². The second-order valence-electron chi connectivity index (χ2n) is 11.4. The minimum Gasteiger partial charge on any atom is -0.393 e. The van der Waals surface area contributed by atoms with E-state index in [2.05, 4.69) is 13.8 Å². The molecule has 4 aliphatic carbocycles. The third-order valence-corrected chi connectivity index (χ3v) is 9.86. The number of Topliss-reactive ketones (excluding diaryl/α,β-unsaturated/α-hetero) is 1. The van der Waals surface area contributed by atoms with Gasteiger partial charge < -0.3 is 5.11 Å². The van der Waals surface area contributed by atoms with Gasteiger partial charge >= 0.3 is 6.18 Å². The fraction of sp³-hybridized carbons (Fsp3) is 0.667. The zero-order valence-electron chi connectivity index (χ0n) is 18.9. The van der Waals surface area contributed by atoms with Crippen LogP contribution in [0.5, 0.6) is 0 Å². The van der Waals surface area contributed by atoms with Gasteiger partial charge in [0.1, 0.15) is 0 Å². The molecule has 4 saturated carbocycles. The summed E-state index contributed by atoms with van der Waals surface area (Å²) in [5.74, 6) is 2.22. The summed E-state index contributed by atoms with van der Waals surface area (Å²) in [4.78, 5) is 13.5. The maximum Gasteiger partial charge on any atom is 0.416 e. The van der Waals surface area contributed by atoms with Gasteiger partial charge in [0.25, 0.3) is 0 Å². The number of aliphatic hydroxyl groups is 1. The first kappa shape index (κ1) is 22.2. The van der Waals surface area contributed by atoms with Crippen molar-refractivity contribution < 1.29 is 23.1 Å². The lowest BCUT2D eigenvalue weighted by atomic mass is 9.45. The van der Waals surface area contributed by atoms with Crippen molar-refractivity contribution in [2.45, 2.75) is 77.5 Å². The van der Waals surface area contributed by atoms with Gasteiger partial charge in [0.05, 0.1) is 11.7 Å². The molecule has 1 aromatic rings. The highest BCUT2D eigenvalue weighted by atomic mass is 19.4. The van der Waals surface area contributed by atoms with Crippen LogP contribution in [-0.2, 0) is 11.0 Å². The number of halogens is 3. The highest BCUT2D eigenvalue weighted by Crippen LogP contribution is 2.66. The van der Waals surface area contributed by atoms with Crippen LogP contribution in [0.15, 0.2) is 29.8 Å². The predicted molar refractivity (Wildman–Crippen MR) is 118 cm³/mol. The third kappa shape index (κ3) is 3.38. The van der Waals surface area contributed by atoms with Crippen LogP contribution in [0.25, 0.3) is 6.08 Å². The lowest BCUT2D eigenvalue weighted by molar-refractivity contribution is -0.141. The molecule has 5 rings (SSSR count). The molecule has 0 unspecified atom stereocenters. The quantitative estimate of drug-likeness (QED) is 0.489. The van der Waals surface area contributed by atoms with Gasteiger partial charge in [-0.15, -0.1) is 0 Å². The highest BCUT2D eigenvalue weighted by Gasteiger charge is 2.61. The van der Waals surface area contributed by atoms with Gasteiger partial charge in [-0.2, -0.15) is 13.2 Å². The SMILES string of the molecule is C[C@]12CC[C@H](O)C[C@@H]1CC[C@H]1[C@H]2CC[C@@]2(C)C(=O)/C(=C/c3ccc(C(F)(F)F)cc3)C[C@H]12. The normalized spacial score (nSPS) is 43.0. The minimum atomic E-state index is -4.35. The first-order chi connectivity index (χ1) is 15.0. The Hall–Kier alpha value is -1.62. The zero-order valence-corrected chi connectivity index (χ0v) is 18.9. The summed E-state index contributed by atoms with van der Waals surface area (Å²) >= 11 is 0. The lowest BCUT2D eigenvalue weighted by Gasteiger charge is -2.59. The maximum atomic E-state index is 13.5. The second kappa shape index (κ2) is 7.44. The molecule has 2 nitrogen and oxygen atoms in total. The standard InChI is InChI=1S/C27H33F3O2/c1-25-11-9-20(31)15-19(25)7-8-21-22(25)10-12-26(2)23(21)14-17(24(26)32)13-16-3-5-18(6-4-16)27(28,29)30/h3-6,13,19-23,31H,7-12,14-15H2,1-2H3/b17-13+/t19-,20-,21-,22+,23+,25-,26+/m0/s1. The van der Waals surface area contributed by atoms with E-state index in [-0.39, 0.29) is 22.7 Å². The Kier molecular flexibility index (Phi) is 5.16. The van der Waals surface area contributed by atoms with E-state index in [1.807, 2.05) is 6.08 Å². The molecule has 1 aromatic carbocycles. The third-order valence-electron chi connectivity index (χ3n) is 9.86. The van der Waals surface area contributed by atoms with E-state index in [9.17, 15) is 23.1 Å². The van der Waals surface area contributed by atoms with Gasteiger partial charge in [0.2, 0.25) is 0 Å². The summed E-state index contributed by atoms with van der Waals surface area (Å²) in [6.45, 7) is 4.56. The van der Waals surface area contributed by atoms with Crippen molar-refractivity contribution in [3.8, 4) is 0 Å². The number of fused-ring (bicyclic) bond motifs is 5. The van der Waals surface area contributed by atoms with Gasteiger partial charge in [-0.3, -0.25) is 4.79 Å². The van der Waals surface area contributed by atoms with Gasteiger partial charge in [-0.25, -0.2) is 0 Å². The number of ketones is 1. The summed E-state index contributed by atoms with van der Waals surface area (Å²) in [5, 5.41) is 10.2. The van der Waals surface area contributed by atoms with E-state index >= 15 is 0 Å². The van der Waals surface area contributed by atoms with E-state index in [0.717, 1.165) is 69.1 Å². The monoisotopic (exact) mass is 446 g/mol. The van der Waals surface area contributed by atoms with Crippen LogP contribution in [-0.4, -0.2) is 17.0 Å². The first-order valence-electron chi connectivity index (χ1n) is 12.1. The van der Waals surface area contributed by atoms with Crippen LogP contribution in [0.2, 0.25) is 0 Å². The van der Waals surface area contributed by atoms with Crippen LogP contribution in [0.1, 0.15) is 76.3 Å². The van der Waals surface area contributed by atoms with Crippen molar-refractivity contribution in [3.63, 3.8) is 0 Å². The van der Waals surface area contributed by atoms with E-state index in [4.69, 9.17) is 0 Å². The van der Waals surface area contributed by atoms with Crippen molar-refractivity contribution in [1.29, 1.82) is 0 Å². The van der Waals surface area contributed by atoms with E-state index in [0.29, 0.717) is 29.2 Å². The van der Waals surface area contributed by atoms with E-state index in [1.165, 1.54) is 12.1 Å². The Labute approximate surface area is 188 Å². The van der Waals surface area contributed by atoms with Crippen LogP contribution in [0.4, 0.5) is 13.2 Å². The molecule has 0 amide bonds. The molecule has 0 saturated heterocycles. The van der Waals surface area contributed by atoms with Crippen molar-refractivity contribution >= 4 is 11.9 Å². The molecule has 0 radical (unpaired) electrons. The number of hydrogen-bond acceptors (Lipinski definition) is 2. The molecule has 0 heterocycles. The highest BCUT2D eigenvalue weighted by molar-refractivity contribution is 6.05. The number of carbonyl (C=O) groups is 1. The van der Waals surface area contributed by atoms with Gasteiger partial charge in [0, 0.05) is 5.41 Å². The number of rotatable bonds is 1. The van der Waals surface area contributed by atoms with Gasteiger partial charge in [-0.1, -0.05) is 26.0 Å². The van der Waals surface area contributed by atoms with Gasteiger partial charge in [0.15, 0.2) is 5.78 Å². The molecule has 4 fully saturated rings. The molecule has 7 atom stereocenters. The van der Waals surface area contributed by atoms with Crippen molar-refractivity contribution in [1.82, 2.24) is 0 Å². The smallest absolute Gasteiger partial charge is 0.393 e. The van der Waals surface area contributed by atoms with Crippen LogP contribution < -0.4 is 0 Å². The predicted octanol–water partition coefficient (Wildman–Crippen LogP) is 6.67. The van der Waals surface area contributed by atoms with Crippen LogP contribution >= 0.6 is 0 Å². The average molecular weight is 447 g/mol. The number of carbonyl (C=O) groups excluding carboxylic acids is 1. The number of aliphatic hydroxyl groups excluding tert-OH is 1. The largest absolute Gasteiger partial charge is 0.416 e. The zero-order chi connectivity index (χ0) is 22.9. The fourth-order valence-electron chi connectivity index (χ4n) is 8.00. The maximum absolute atomic E-state index is 13.5. The summed E-state index contributed by atoms with van der Waals surface area (Å²) in [7, 11) is 0. The Morgan fingerprint density at radius 3 is 2.41 bits per heavy atom. The minimum absolute atomic E-state index is 0.162. The molecule has 5 heteroatoms. The molecule has 32 heavy (non-hydrogen) atoms. The Bertz CT molecular complexity index is 933. The molecular formula is C27H33F3O2. The Morgan fingerprint density at radius 1 is 1.00 bits per heavy atom. The summed E-state index contributed by atoms with van der Waals surface area (Å²) in [6.07, 6.45) is 5.15. The molecule has 4 aliphatic rings. The Balaban J connectivity index is 1.41. The van der Waals surface area contributed by atoms with Gasteiger partial charge in [-0.05, 0) is 110 Å². The summed E-state index contributed by atoms with van der Waals surface area (Å²) in [6, 6.07) is 5.12. The van der Waals surface area contributed by atoms with Crippen molar-refractivity contribution in [3.05, 3.63) is 41.0 Å². The number of hydrogen-bond donors (Lipinski definition) is 1. The summed E-state index contributed by atoms with van der Waals surface area (Å²) < 4.78 is 38.6. The topological polar surface area (TPSA) is 37.3 Å². The molecule has 174 valence electrons. The fourth-order valence-corrected chi connectivity index (χ4v) is 8.00. The molecular weight excluding hydrogens is 413 g/mol. The lowest BCUT2D eigenvalue weighted by Crippen LogP contribution is -2.54. The van der Waals surface area contributed by atoms with E-state index in [1.54, 1.807) is 0 Å². The molecule has 0 aromatic heterocycles. The molecule has 0 aliphatic heterocycles. The number of allylic oxidation sites excluding steroid dienone is 1. The van der Waals surface area contributed by atoms with Crippen LogP contribution in [0.3, 0.4) is 0 Å². The molecule has 1 N–H and O–H groups in total. The average Bonchev–Trinajstić information content (AvgIpc) is 2.99. The summed E-state index contributed by atoms with van der Waals surface area (Å²) in [5.41, 5.74) is 0.688. The Morgan fingerprint density at radius 2 is 1.72 bits per heavy atom. The van der Waals surface area contributed by atoms with E-state index < -0.39 is 11.7 Å².